The zero-order valence-corrected chi connectivity index (χ0v) is 13.4. The lowest BCUT2D eigenvalue weighted by Crippen LogP contribution is -2.16. The van der Waals surface area contributed by atoms with Crippen molar-refractivity contribution < 1.29 is 0 Å². The van der Waals surface area contributed by atoms with Gasteiger partial charge in [0, 0.05) is 9.75 Å². The number of nitrogens with one attached hydrogen (secondary N) is 1. The van der Waals surface area contributed by atoms with Crippen LogP contribution >= 0.6 is 38.6 Å². The average Bonchev–Trinajstić information content (AvgIpc) is 2.96. The van der Waals surface area contributed by atoms with Gasteiger partial charge in [-0.05, 0) is 60.8 Å². The van der Waals surface area contributed by atoms with E-state index in [1.165, 1.54) is 43.5 Å². The number of thiophene rings is 1. The number of aromatic nitrogens is 1. The van der Waals surface area contributed by atoms with E-state index in [1.54, 1.807) is 11.3 Å². The molecule has 18 heavy (non-hydrogen) atoms. The Morgan fingerprint density at radius 3 is 2.78 bits per heavy atom. The zero-order valence-electron chi connectivity index (χ0n) is 10.2. The first-order valence-electron chi connectivity index (χ1n) is 6.19. The highest BCUT2D eigenvalue weighted by molar-refractivity contribution is 9.11. The smallest absolute Gasteiger partial charge is 0.115 e. The van der Waals surface area contributed by atoms with Gasteiger partial charge >= 0.3 is 0 Å². The van der Waals surface area contributed by atoms with Gasteiger partial charge in [0.1, 0.15) is 5.01 Å². The van der Waals surface area contributed by atoms with E-state index in [-0.39, 0.29) is 6.04 Å². The summed E-state index contributed by atoms with van der Waals surface area (Å²) in [6.45, 7) is 0. The summed E-state index contributed by atoms with van der Waals surface area (Å²) in [4.78, 5) is 7.69. The lowest BCUT2D eigenvalue weighted by Gasteiger charge is -2.10. The highest BCUT2D eigenvalue weighted by Gasteiger charge is 2.22. The Balaban J connectivity index is 1.94. The van der Waals surface area contributed by atoms with Crippen LogP contribution in [-0.4, -0.2) is 12.0 Å². The lowest BCUT2D eigenvalue weighted by molar-refractivity contribution is 0.666. The molecule has 0 bridgehead atoms. The number of aryl methyl sites for hydroxylation is 2. The second kappa shape index (κ2) is 5.41. The number of fused-ring (bicyclic) bond motifs is 1. The minimum Gasteiger partial charge on any atom is -0.307 e. The van der Waals surface area contributed by atoms with Gasteiger partial charge in [-0.3, -0.25) is 0 Å². The maximum absolute atomic E-state index is 4.85. The van der Waals surface area contributed by atoms with Crippen molar-refractivity contribution in [1.82, 2.24) is 10.3 Å². The largest absolute Gasteiger partial charge is 0.307 e. The van der Waals surface area contributed by atoms with Crippen LogP contribution in [0.25, 0.3) is 0 Å². The Morgan fingerprint density at radius 1 is 1.28 bits per heavy atom. The summed E-state index contributed by atoms with van der Waals surface area (Å²) in [5, 5.41) is 4.62. The molecule has 0 saturated carbocycles. The van der Waals surface area contributed by atoms with E-state index >= 15 is 0 Å². The first-order valence-corrected chi connectivity index (χ1v) is 8.61. The highest BCUT2D eigenvalue weighted by atomic mass is 79.9. The Hall–Kier alpha value is -0.230. The monoisotopic (exact) mass is 342 g/mol. The third-order valence-electron chi connectivity index (χ3n) is 3.28. The highest BCUT2D eigenvalue weighted by Crippen LogP contribution is 2.35. The van der Waals surface area contributed by atoms with Crippen LogP contribution in [0.4, 0.5) is 0 Å². The molecule has 1 aliphatic carbocycles. The molecule has 0 saturated heterocycles. The molecule has 1 N–H and O–H groups in total. The normalized spacial score (nSPS) is 16.6. The van der Waals surface area contributed by atoms with Gasteiger partial charge < -0.3 is 5.32 Å². The van der Waals surface area contributed by atoms with Crippen molar-refractivity contribution in [2.24, 2.45) is 0 Å². The predicted molar refractivity (Wildman–Crippen MR) is 81.7 cm³/mol. The molecular formula is C13H15BrN2S2. The zero-order chi connectivity index (χ0) is 12.5. The molecule has 1 aliphatic rings. The Labute approximate surface area is 124 Å². The second-order valence-corrected chi connectivity index (χ2v) is 8.10. The molecule has 0 radical (unpaired) electrons. The summed E-state index contributed by atoms with van der Waals surface area (Å²) in [6.07, 6.45) is 5.00. The van der Waals surface area contributed by atoms with Crippen LogP contribution in [0.5, 0.6) is 0 Å². The lowest BCUT2D eigenvalue weighted by atomic mass is 10.0. The fraction of sp³-hybridized carbons (Fsp3) is 0.462. The van der Waals surface area contributed by atoms with Crippen LogP contribution in [0, 0.1) is 0 Å². The van der Waals surface area contributed by atoms with Crippen molar-refractivity contribution in [3.05, 3.63) is 36.4 Å². The summed E-state index contributed by atoms with van der Waals surface area (Å²) in [7, 11) is 2.01. The number of halogens is 1. The van der Waals surface area contributed by atoms with Crippen molar-refractivity contribution in [3.8, 4) is 0 Å². The molecule has 0 aliphatic heterocycles. The van der Waals surface area contributed by atoms with Gasteiger partial charge in [-0.2, -0.15) is 0 Å². The van der Waals surface area contributed by atoms with Crippen LogP contribution in [0.2, 0.25) is 0 Å². The summed E-state index contributed by atoms with van der Waals surface area (Å²) < 4.78 is 1.18. The quantitative estimate of drug-likeness (QED) is 0.905. The van der Waals surface area contributed by atoms with E-state index in [9.17, 15) is 0 Å². The van der Waals surface area contributed by atoms with E-state index in [2.05, 4.69) is 33.4 Å². The second-order valence-electron chi connectivity index (χ2n) is 4.49. The number of hydrogen-bond acceptors (Lipinski definition) is 4. The fourth-order valence-electron chi connectivity index (χ4n) is 2.37. The minimum absolute atomic E-state index is 0.247. The molecule has 0 aromatic carbocycles. The van der Waals surface area contributed by atoms with Crippen molar-refractivity contribution in [1.29, 1.82) is 0 Å². The fourth-order valence-corrected chi connectivity index (χ4v) is 5.26. The van der Waals surface area contributed by atoms with E-state index < -0.39 is 0 Å². The third-order valence-corrected chi connectivity index (χ3v) is 6.19. The summed E-state index contributed by atoms with van der Waals surface area (Å²) >= 11 is 7.20. The van der Waals surface area contributed by atoms with Gasteiger partial charge in [-0.25, -0.2) is 4.98 Å². The molecule has 0 spiro atoms. The number of rotatable bonds is 3. The molecule has 1 atom stereocenters. The van der Waals surface area contributed by atoms with Crippen LogP contribution in [0.15, 0.2) is 15.9 Å². The molecule has 2 heterocycles. The minimum atomic E-state index is 0.247. The van der Waals surface area contributed by atoms with Crippen molar-refractivity contribution >= 4 is 38.6 Å². The van der Waals surface area contributed by atoms with Crippen molar-refractivity contribution in [3.63, 3.8) is 0 Å². The number of thiazole rings is 1. The number of hydrogen-bond donors (Lipinski definition) is 1. The Kier molecular flexibility index (Phi) is 3.84. The molecule has 96 valence electrons. The molecule has 0 amide bonds. The topological polar surface area (TPSA) is 24.9 Å². The maximum atomic E-state index is 4.85. The predicted octanol–water partition coefficient (Wildman–Crippen LogP) is 4.15. The maximum Gasteiger partial charge on any atom is 0.115 e. The summed E-state index contributed by atoms with van der Waals surface area (Å²) in [6, 6.07) is 4.53. The molecule has 1 unspecified atom stereocenters. The van der Waals surface area contributed by atoms with Gasteiger partial charge in [-0.15, -0.1) is 22.7 Å². The average molecular weight is 343 g/mol. The van der Waals surface area contributed by atoms with Gasteiger partial charge in [0.2, 0.25) is 0 Å². The van der Waals surface area contributed by atoms with Gasteiger partial charge in [0.15, 0.2) is 0 Å². The molecule has 2 aromatic rings. The van der Waals surface area contributed by atoms with Gasteiger partial charge in [-0.1, -0.05) is 0 Å². The summed E-state index contributed by atoms with van der Waals surface area (Å²) in [5.74, 6) is 0. The Bertz CT molecular complexity index is 523. The molecule has 0 fully saturated rings. The first-order chi connectivity index (χ1) is 8.78. The van der Waals surface area contributed by atoms with Crippen molar-refractivity contribution in [2.75, 3.05) is 7.05 Å². The first kappa shape index (κ1) is 12.8. The van der Waals surface area contributed by atoms with Crippen LogP contribution in [0.3, 0.4) is 0 Å². The molecule has 2 aromatic heterocycles. The molecule has 2 nitrogen and oxygen atoms in total. The van der Waals surface area contributed by atoms with Crippen LogP contribution < -0.4 is 5.32 Å². The van der Waals surface area contributed by atoms with Gasteiger partial charge in [0.25, 0.3) is 0 Å². The molecule has 5 heteroatoms. The van der Waals surface area contributed by atoms with E-state index in [4.69, 9.17) is 4.98 Å². The van der Waals surface area contributed by atoms with Gasteiger partial charge in [0.05, 0.1) is 15.5 Å². The van der Waals surface area contributed by atoms with Crippen molar-refractivity contribution in [2.45, 2.75) is 31.7 Å². The number of nitrogens with zero attached hydrogens (tertiary/aromatic N) is 1. The molecule has 3 rings (SSSR count). The third kappa shape index (κ3) is 2.41. The SMILES string of the molecule is CNC(c1ccc(Br)s1)c1nc2c(s1)CCCC2. The van der Waals surface area contributed by atoms with E-state index in [0.717, 1.165) is 6.42 Å². The van der Waals surface area contributed by atoms with Crippen LogP contribution in [0.1, 0.15) is 39.3 Å². The standard InChI is InChI=1S/C13H15BrN2S2/c1-15-12(10-6-7-11(14)17-10)13-16-8-4-2-3-5-9(8)18-13/h6-7,12,15H,2-5H2,1H3. The van der Waals surface area contributed by atoms with E-state index in [0.29, 0.717) is 0 Å². The summed E-state index contributed by atoms with van der Waals surface area (Å²) in [5.41, 5.74) is 1.34. The van der Waals surface area contributed by atoms with Crippen LogP contribution in [-0.2, 0) is 12.8 Å². The van der Waals surface area contributed by atoms with E-state index in [1.807, 2.05) is 18.4 Å². The Morgan fingerprint density at radius 2 is 2.11 bits per heavy atom. The molecular weight excluding hydrogens is 328 g/mol.